The summed E-state index contributed by atoms with van der Waals surface area (Å²) in [5, 5.41) is 14.5. The second-order valence-corrected chi connectivity index (χ2v) is 5.18. The van der Waals surface area contributed by atoms with Crippen LogP contribution in [0, 0.1) is 5.92 Å². The maximum Gasteiger partial charge on any atom is 0.303 e. The number of amides is 1. The Balaban J connectivity index is 2.20. The highest BCUT2D eigenvalue weighted by Crippen LogP contribution is 2.07. The molecule has 1 heterocycles. The second-order valence-electron chi connectivity index (χ2n) is 4.03. The van der Waals surface area contributed by atoms with E-state index in [1.807, 2.05) is 6.92 Å². The molecule has 1 aliphatic heterocycles. The number of carboxylic acids is 1. The van der Waals surface area contributed by atoms with Gasteiger partial charge in [-0.15, -0.1) is 0 Å². The van der Waals surface area contributed by atoms with Gasteiger partial charge in [0.25, 0.3) is 0 Å². The first-order chi connectivity index (χ1) is 7.59. The van der Waals surface area contributed by atoms with Gasteiger partial charge in [0.05, 0.1) is 6.04 Å². The van der Waals surface area contributed by atoms with Crippen molar-refractivity contribution in [3.8, 4) is 0 Å². The molecular weight excluding hydrogens is 228 g/mol. The average Bonchev–Trinajstić information content (AvgIpc) is 2.26. The monoisotopic (exact) mass is 246 g/mol. The Kier molecular flexibility index (Phi) is 5.62. The molecule has 1 fully saturated rings. The molecule has 5 nitrogen and oxygen atoms in total. The quantitative estimate of drug-likeness (QED) is 0.632. The summed E-state index contributed by atoms with van der Waals surface area (Å²) in [5.74, 6) is 0.952. The molecule has 1 aliphatic rings. The van der Waals surface area contributed by atoms with E-state index in [1.54, 1.807) is 11.8 Å². The van der Waals surface area contributed by atoms with Crippen molar-refractivity contribution in [3.05, 3.63) is 0 Å². The molecule has 0 aromatic heterocycles. The van der Waals surface area contributed by atoms with Gasteiger partial charge in [-0.25, -0.2) is 0 Å². The van der Waals surface area contributed by atoms with Crippen LogP contribution >= 0.6 is 11.8 Å². The predicted molar refractivity (Wildman–Crippen MR) is 63.5 cm³/mol. The van der Waals surface area contributed by atoms with Crippen LogP contribution in [0.25, 0.3) is 0 Å². The number of nitrogens with one attached hydrogen (secondary N) is 2. The summed E-state index contributed by atoms with van der Waals surface area (Å²) >= 11 is 1.76. The summed E-state index contributed by atoms with van der Waals surface area (Å²) in [6.45, 7) is 3.10. The van der Waals surface area contributed by atoms with Gasteiger partial charge < -0.3 is 15.7 Å². The molecule has 6 heteroatoms. The molecule has 3 N–H and O–H groups in total. The number of hydrogen-bond donors (Lipinski definition) is 3. The Bertz CT molecular complexity index is 254. The zero-order chi connectivity index (χ0) is 12.0. The summed E-state index contributed by atoms with van der Waals surface area (Å²) in [6, 6.07) is -0.129. The molecule has 0 aromatic rings. The maximum atomic E-state index is 11.7. The zero-order valence-electron chi connectivity index (χ0n) is 9.36. The van der Waals surface area contributed by atoms with Gasteiger partial charge in [0.2, 0.25) is 5.91 Å². The topological polar surface area (TPSA) is 78.4 Å². The van der Waals surface area contributed by atoms with Gasteiger partial charge >= 0.3 is 5.97 Å². The number of carboxylic acid groups (broad SMARTS) is 1. The van der Waals surface area contributed by atoms with E-state index in [9.17, 15) is 9.59 Å². The highest BCUT2D eigenvalue weighted by atomic mass is 32.2. The lowest BCUT2D eigenvalue weighted by Crippen LogP contribution is -2.49. The minimum Gasteiger partial charge on any atom is -0.481 e. The first-order valence-electron chi connectivity index (χ1n) is 5.40. The highest BCUT2D eigenvalue weighted by molar-refractivity contribution is 7.99. The fourth-order valence-corrected chi connectivity index (χ4v) is 2.44. The smallest absolute Gasteiger partial charge is 0.303 e. The third kappa shape index (κ3) is 4.85. The molecule has 0 bridgehead atoms. The number of hydrogen-bond acceptors (Lipinski definition) is 4. The van der Waals surface area contributed by atoms with E-state index in [0.29, 0.717) is 6.54 Å². The van der Waals surface area contributed by atoms with Crippen molar-refractivity contribution in [2.75, 3.05) is 24.6 Å². The van der Waals surface area contributed by atoms with Gasteiger partial charge in [-0.2, -0.15) is 11.8 Å². The van der Waals surface area contributed by atoms with Crippen LogP contribution < -0.4 is 10.6 Å². The summed E-state index contributed by atoms with van der Waals surface area (Å²) in [7, 11) is 0. The first kappa shape index (κ1) is 13.3. The minimum atomic E-state index is -0.826. The molecule has 92 valence electrons. The third-order valence-corrected chi connectivity index (χ3v) is 3.45. The summed E-state index contributed by atoms with van der Waals surface area (Å²) in [6.07, 6.45) is 0.0904. The first-order valence-corrected chi connectivity index (χ1v) is 6.55. The van der Waals surface area contributed by atoms with E-state index >= 15 is 0 Å². The Morgan fingerprint density at radius 3 is 2.94 bits per heavy atom. The van der Waals surface area contributed by atoms with E-state index in [-0.39, 0.29) is 24.3 Å². The number of carbonyl (C=O) groups is 2. The average molecular weight is 246 g/mol. The summed E-state index contributed by atoms with van der Waals surface area (Å²) in [5.41, 5.74) is 0. The second kappa shape index (κ2) is 6.75. The van der Waals surface area contributed by atoms with Crippen LogP contribution in [0.3, 0.4) is 0 Å². The van der Waals surface area contributed by atoms with Crippen molar-refractivity contribution in [1.29, 1.82) is 0 Å². The molecule has 1 rings (SSSR count). The predicted octanol–water partition coefficient (Wildman–Crippen LogP) is -0.0816. The SMILES string of the molecule is CC(CNC(=O)C1CSCCN1)CC(=O)O. The van der Waals surface area contributed by atoms with E-state index in [1.165, 1.54) is 0 Å². The lowest BCUT2D eigenvalue weighted by Gasteiger charge is -2.22. The molecule has 0 radical (unpaired) electrons. The van der Waals surface area contributed by atoms with Crippen LogP contribution in [-0.2, 0) is 9.59 Å². The molecule has 2 unspecified atom stereocenters. The molecule has 1 amide bonds. The highest BCUT2D eigenvalue weighted by Gasteiger charge is 2.21. The number of carbonyl (C=O) groups excluding carboxylic acids is 1. The van der Waals surface area contributed by atoms with Crippen molar-refractivity contribution >= 4 is 23.6 Å². The van der Waals surface area contributed by atoms with E-state index in [4.69, 9.17) is 5.11 Å². The lowest BCUT2D eigenvalue weighted by atomic mass is 10.1. The van der Waals surface area contributed by atoms with Gasteiger partial charge in [0.15, 0.2) is 0 Å². The van der Waals surface area contributed by atoms with E-state index in [0.717, 1.165) is 18.1 Å². The van der Waals surface area contributed by atoms with Crippen LogP contribution in [0.1, 0.15) is 13.3 Å². The van der Waals surface area contributed by atoms with Crippen LogP contribution in [0.15, 0.2) is 0 Å². The van der Waals surface area contributed by atoms with Crippen LogP contribution in [0.4, 0.5) is 0 Å². The fourth-order valence-electron chi connectivity index (χ4n) is 1.50. The largest absolute Gasteiger partial charge is 0.481 e. The Hall–Kier alpha value is -0.750. The number of thioether (sulfide) groups is 1. The third-order valence-electron chi connectivity index (χ3n) is 2.39. The number of rotatable bonds is 5. The van der Waals surface area contributed by atoms with Gasteiger partial charge in [-0.3, -0.25) is 9.59 Å². The van der Waals surface area contributed by atoms with E-state index in [2.05, 4.69) is 10.6 Å². The van der Waals surface area contributed by atoms with Gasteiger partial charge in [0.1, 0.15) is 0 Å². The summed E-state index contributed by atoms with van der Waals surface area (Å²) in [4.78, 5) is 22.1. The van der Waals surface area contributed by atoms with Gasteiger partial charge in [0, 0.05) is 31.0 Å². The van der Waals surface area contributed by atoms with Crippen molar-refractivity contribution in [1.82, 2.24) is 10.6 Å². The van der Waals surface area contributed by atoms with Crippen molar-refractivity contribution < 1.29 is 14.7 Å². The van der Waals surface area contributed by atoms with Crippen LogP contribution in [0.5, 0.6) is 0 Å². The van der Waals surface area contributed by atoms with Crippen LogP contribution in [0.2, 0.25) is 0 Å². The summed E-state index contributed by atoms with van der Waals surface area (Å²) < 4.78 is 0. The Labute approximate surface area is 99.4 Å². The Morgan fingerprint density at radius 1 is 1.62 bits per heavy atom. The van der Waals surface area contributed by atoms with Crippen molar-refractivity contribution in [2.24, 2.45) is 5.92 Å². The van der Waals surface area contributed by atoms with Crippen molar-refractivity contribution in [3.63, 3.8) is 0 Å². The molecule has 16 heavy (non-hydrogen) atoms. The zero-order valence-corrected chi connectivity index (χ0v) is 10.2. The standard InChI is InChI=1S/C10H18N2O3S/c1-7(4-9(13)14)5-12-10(15)8-6-16-3-2-11-8/h7-8,11H,2-6H2,1H3,(H,12,15)(H,13,14). The molecule has 0 aromatic carbocycles. The minimum absolute atomic E-state index is 0.0237. The molecule has 0 saturated carbocycles. The van der Waals surface area contributed by atoms with Gasteiger partial charge in [-0.1, -0.05) is 6.92 Å². The Morgan fingerprint density at radius 2 is 2.38 bits per heavy atom. The lowest BCUT2D eigenvalue weighted by molar-refractivity contribution is -0.138. The van der Waals surface area contributed by atoms with Gasteiger partial charge in [-0.05, 0) is 5.92 Å². The molecule has 2 atom stereocenters. The van der Waals surface area contributed by atoms with Crippen molar-refractivity contribution in [2.45, 2.75) is 19.4 Å². The van der Waals surface area contributed by atoms with Crippen LogP contribution in [-0.4, -0.2) is 47.6 Å². The maximum absolute atomic E-state index is 11.7. The number of aliphatic carboxylic acids is 1. The normalized spacial score (nSPS) is 22.4. The molecule has 0 spiro atoms. The van der Waals surface area contributed by atoms with E-state index < -0.39 is 5.97 Å². The fraction of sp³-hybridized carbons (Fsp3) is 0.800. The molecule has 0 aliphatic carbocycles. The molecule has 1 saturated heterocycles. The molecular formula is C10H18N2O3S.